The van der Waals surface area contributed by atoms with Gasteiger partial charge in [-0.1, -0.05) is 28.1 Å². The van der Waals surface area contributed by atoms with Gasteiger partial charge < -0.3 is 11.1 Å². The number of rotatable bonds is 5. The van der Waals surface area contributed by atoms with E-state index < -0.39 is 0 Å². The van der Waals surface area contributed by atoms with Crippen molar-refractivity contribution in [2.45, 2.75) is 25.8 Å². The van der Waals surface area contributed by atoms with E-state index in [1.807, 2.05) is 31.2 Å². The Bertz CT molecular complexity index is 461. The molecule has 124 valence electrons. The number of piperidine rings is 1. The highest BCUT2D eigenvalue weighted by molar-refractivity contribution is 9.10. The zero-order chi connectivity index (χ0) is 15.2. The van der Waals surface area contributed by atoms with E-state index in [-0.39, 0.29) is 24.4 Å². The van der Waals surface area contributed by atoms with Gasteiger partial charge in [-0.3, -0.25) is 9.69 Å². The second-order valence-corrected chi connectivity index (χ2v) is 6.71. The van der Waals surface area contributed by atoms with Crippen LogP contribution in [0.5, 0.6) is 0 Å². The van der Waals surface area contributed by atoms with Crippen molar-refractivity contribution in [2.75, 3.05) is 26.2 Å². The van der Waals surface area contributed by atoms with E-state index in [0.29, 0.717) is 12.5 Å². The first-order valence-electron chi connectivity index (χ1n) is 7.55. The first-order valence-corrected chi connectivity index (χ1v) is 8.35. The smallest absolute Gasteiger partial charge is 0.234 e. The molecule has 1 aliphatic rings. The van der Waals surface area contributed by atoms with Crippen LogP contribution in [0, 0.1) is 5.92 Å². The van der Waals surface area contributed by atoms with Gasteiger partial charge in [0.05, 0.1) is 12.6 Å². The summed E-state index contributed by atoms with van der Waals surface area (Å²) in [5, 5.41) is 3.07. The number of likely N-dealkylation sites (tertiary alicyclic amines) is 1. The first kappa shape index (κ1) is 19.4. The summed E-state index contributed by atoms with van der Waals surface area (Å²) in [5.74, 6) is 0.725. The number of carbonyl (C=O) groups excluding carboxylic acids is 1. The van der Waals surface area contributed by atoms with Crippen molar-refractivity contribution in [2.24, 2.45) is 11.7 Å². The Labute approximate surface area is 147 Å². The molecular weight excluding hydrogens is 366 g/mol. The summed E-state index contributed by atoms with van der Waals surface area (Å²) in [6.45, 7) is 5.21. The molecule has 1 fully saturated rings. The average Bonchev–Trinajstić information content (AvgIpc) is 2.48. The molecule has 0 bridgehead atoms. The number of nitrogens with two attached hydrogens (primary N) is 1. The minimum atomic E-state index is 0. The molecule has 0 aromatic heterocycles. The Morgan fingerprint density at radius 1 is 1.36 bits per heavy atom. The van der Waals surface area contributed by atoms with Gasteiger partial charge in [-0.05, 0) is 63.0 Å². The third-order valence-electron chi connectivity index (χ3n) is 4.16. The molecule has 2 rings (SSSR count). The van der Waals surface area contributed by atoms with Crippen molar-refractivity contribution in [3.63, 3.8) is 0 Å². The van der Waals surface area contributed by atoms with Crippen molar-refractivity contribution in [3.05, 3.63) is 34.3 Å². The zero-order valence-electron chi connectivity index (χ0n) is 12.9. The fraction of sp³-hybridized carbons (Fsp3) is 0.562. The Balaban J connectivity index is 0.00000242. The molecule has 1 atom stereocenters. The van der Waals surface area contributed by atoms with Crippen molar-refractivity contribution in [1.29, 1.82) is 0 Å². The molecule has 1 amide bonds. The third kappa shape index (κ3) is 5.88. The van der Waals surface area contributed by atoms with Gasteiger partial charge in [0, 0.05) is 4.47 Å². The van der Waals surface area contributed by atoms with E-state index in [1.54, 1.807) is 0 Å². The normalized spacial score (nSPS) is 17.6. The van der Waals surface area contributed by atoms with Crippen LogP contribution in [-0.4, -0.2) is 37.0 Å². The van der Waals surface area contributed by atoms with Gasteiger partial charge in [-0.25, -0.2) is 0 Å². The fourth-order valence-electron chi connectivity index (χ4n) is 2.71. The molecule has 0 saturated carbocycles. The summed E-state index contributed by atoms with van der Waals surface area (Å²) < 4.78 is 1.05. The van der Waals surface area contributed by atoms with Crippen LogP contribution in [0.15, 0.2) is 28.7 Å². The molecule has 1 saturated heterocycles. The van der Waals surface area contributed by atoms with Gasteiger partial charge >= 0.3 is 0 Å². The molecule has 4 nitrogen and oxygen atoms in total. The number of benzene rings is 1. The molecule has 0 radical (unpaired) electrons. The van der Waals surface area contributed by atoms with Gasteiger partial charge in [0.1, 0.15) is 0 Å². The Hall–Kier alpha value is -0.620. The molecular formula is C16H25BrClN3O. The second kappa shape index (κ2) is 9.50. The van der Waals surface area contributed by atoms with E-state index in [2.05, 4.69) is 26.1 Å². The topological polar surface area (TPSA) is 58.4 Å². The second-order valence-electron chi connectivity index (χ2n) is 5.80. The van der Waals surface area contributed by atoms with E-state index in [9.17, 15) is 4.79 Å². The summed E-state index contributed by atoms with van der Waals surface area (Å²) >= 11 is 3.42. The molecule has 0 aliphatic carbocycles. The van der Waals surface area contributed by atoms with Crippen LogP contribution in [0.2, 0.25) is 0 Å². The minimum Gasteiger partial charge on any atom is -0.348 e. The largest absolute Gasteiger partial charge is 0.348 e. The van der Waals surface area contributed by atoms with E-state index in [4.69, 9.17) is 5.73 Å². The highest BCUT2D eigenvalue weighted by Gasteiger charge is 2.20. The Kier molecular flexibility index (Phi) is 8.39. The van der Waals surface area contributed by atoms with Crippen molar-refractivity contribution in [1.82, 2.24) is 10.2 Å². The Morgan fingerprint density at radius 2 is 1.95 bits per heavy atom. The lowest BCUT2D eigenvalue weighted by Gasteiger charge is -2.31. The molecule has 22 heavy (non-hydrogen) atoms. The molecule has 3 N–H and O–H groups in total. The van der Waals surface area contributed by atoms with Crippen LogP contribution in [0.25, 0.3) is 0 Å². The molecule has 1 heterocycles. The zero-order valence-corrected chi connectivity index (χ0v) is 15.3. The maximum atomic E-state index is 12.1. The highest BCUT2D eigenvalue weighted by Crippen LogP contribution is 2.17. The number of amides is 1. The van der Waals surface area contributed by atoms with Crippen molar-refractivity contribution in [3.8, 4) is 0 Å². The van der Waals surface area contributed by atoms with Crippen LogP contribution >= 0.6 is 28.3 Å². The number of nitrogens with zero attached hydrogens (tertiary/aromatic N) is 1. The molecule has 1 aliphatic heterocycles. The average molecular weight is 391 g/mol. The van der Waals surface area contributed by atoms with Gasteiger partial charge in [0.2, 0.25) is 5.91 Å². The maximum absolute atomic E-state index is 12.1. The summed E-state index contributed by atoms with van der Waals surface area (Å²) in [5.41, 5.74) is 6.81. The summed E-state index contributed by atoms with van der Waals surface area (Å²) in [7, 11) is 0. The highest BCUT2D eigenvalue weighted by atomic mass is 79.9. The molecule has 6 heteroatoms. The number of halogens is 2. The molecule has 1 aromatic rings. The summed E-state index contributed by atoms with van der Waals surface area (Å²) in [6.07, 6.45) is 2.21. The lowest BCUT2D eigenvalue weighted by molar-refractivity contribution is -0.123. The first-order chi connectivity index (χ1) is 10.1. The molecule has 1 unspecified atom stereocenters. The number of hydrogen-bond acceptors (Lipinski definition) is 3. The monoisotopic (exact) mass is 389 g/mol. The van der Waals surface area contributed by atoms with Crippen LogP contribution in [0.4, 0.5) is 0 Å². The van der Waals surface area contributed by atoms with Crippen LogP contribution in [0.1, 0.15) is 31.4 Å². The standard InChI is InChI=1S/C16H24BrN3O.ClH/c1-12(14-2-4-15(17)5-3-14)19-16(21)11-20-8-6-13(10-18)7-9-20;/h2-5,12-13H,6-11,18H2,1H3,(H,19,21);1H. The molecule has 0 spiro atoms. The Morgan fingerprint density at radius 3 is 2.50 bits per heavy atom. The lowest BCUT2D eigenvalue weighted by atomic mass is 9.97. The maximum Gasteiger partial charge on any atom is 0.234 e. The molecule has 1 aromatic carbocycles. The number of hydrogen-bond donors (Lipinski definition) is 2. The predicted octanol–water partition coefficient (Wildman–Crippen LogP) is 2.72. The van der Waals surface area contributed by atoms with Gasteiger partial charge in [0.25, 0.3) is 0 Å². The van der Waals surface area contributed by atoms with E-state index in [1.165, 1.54) is 0 Å². The van der Waals surface area contributed by atoms with Gasteiger partial charge in [-0.2, -0.15) is 0 Å². The van der Waals surface area contributed by atoms with Crippen LogP contribution in [-0.2, 0) is 4.79 Å². The van der Waals surface area contributed by atoms with Crippen molar-refractivity contribution < 1.29 is 4.79 Å². The third-order valence-corrected chi connectivity index (χ3v) is 4.68. The van der Waals surface area contributed by atoms with Crippen LogP contribution < -0.4 is 11.1 Å². The van der Waals surface area contributed by atoms with Crippen LogP contribution in [0.3, 0.4) is 0 Å². The van der Waals surface area contributed by atoms with Crippen molar-refractivity contribution >= 4 is 34.2 Å². The van der Waals surface area contributed by atoms with E-state index >= 15 is 0 Å². The summed E-state index contributed by atoms with van der Waals surface area (Å²) in [6, 6.07) is 8.08. The lowest BCUT2D eigenvalue weighted by Crippen LogP contribution is -2.43. The van der Waals surface area contributed by atoms with E-state index in [0.717, 1.165) is 42.5 Å². The number of nitrogens with one attached hydrogen (secondary N) is 1. The minimum absolute atomic E-state index is 0. The number of carbonyl (C=O) groups is 1. The van der Waals surface area contributed by atoms with Gasteiger partial charge in [-0.15, -0.1) is 12.4 Å². The predicted molar refractivity (Wildman–Crippen MR) is 96.2 cm³/mol. The summed E-state index contributed by atoms with van der Waals surface area (Å²) in [4.78, 5) is 14.3. The fourth-order valence-corrected chi connectivity index (χ4v) is 2.97. The van der Waals surface area contributed by atoms with Gasteiger partial charge in [0.15, 0.2) is 0 Å². The quantitative estimate of drug-likeness (QED) is 0.813. The SMILES string of the molecule is CC(NC(=O)CN1CCC(CN)CC1)c1ccc(Br)cc1.Cl.